The summed E-state index contributed by atoms with van der Waals surface area (Å²) in [7, 11) is 0. The van der Waals surface area contributed by atoms with Crippen molar-refractivity contribution in [2.75, 3.05) is 0 Å². The van der Waals surface area contributed by atoms with Crippen LogP contribution in [-0.2, 0) is 0 Å². The van der Waals surface area contributed by atoms with Gasteiger partial charge in [-0.15, -0.1) is 0 Å². The van der Waals surface area contributed by atoms with Crippen LogP contribution in [-0.4, -0.2) is 0 Å². The highest BCUT2D eigenvalue weighted by molar-refractivity contribution is 5.01. The van der Waals surface area contributed by atoms with Crippen molar-refractivity contribution in [3.63, 3.8) is 0 Å². The normalized spacial score (nSPS) is 19.6. The maximum Gasteiger partial charge on any atom is -0.0169 e. The molecule has 0 heterocycles. The van der Waals surface area contributed by atoms with Gasteiger partial charge in [0.15, 0.2) is 0 Å². The molecule has 0 heteroatoms. The highest BCUT2D eigenvalue weighted by atomic mass is 13.9. The molecule has 1 aliphatic carbocycles. The summed E-state index contributed by atoms with van der Waals surface area (Å²) in [5.41, 5.74) is 0. The highest BCUT2D eigenvalue weighted by Crippen LogP contribution is 2.01. The fourth-order valence-corrected chi connectivity index (χ4v) is 1.02. The van der Waals surface area contributed by atoms with E-state index in [1.807, 2.05) is 0 Å². The summed E-state index contributed by atoms with van der Waals surface area (Å²) in [5, 5.41) is 0. The Morgan fingerprint density at radius 3 is 1.27 bits per heavy atom. The highest BCUT2D eigenvalue weighted by Gasteiger charge is 1.82. The lowest BCUT2D eigenvalue weighted by Gasteiger charge is -1.87. The van der Waals surface area contributed by atoms with E-state index in [0.29, 0.717) is 0 Å². The first kappa shape index (κ1) is 8.32. The van der Waals surface area contributed by atoms with E-state index in [9.17, 15) is 0 Å². The Kier molecular flexibility index (Phi) is 4.51. The molecule has 1 aliphatic rings. The van der Waals surface area contributed by atoms with Gasteiger partial charge in [-0.05, 0) is 32.1 Å². The van der Waals surface area contributed by atoms with E-state index in [0.717, 1.165) is 25.7 Å². The molecule has 0 aliphatic heterocycles. The molecule has 0 nitrogen and oxygen atoms in total. The maximum absolute atomic E-state index is 2.29. The summed E-state index contributed by atoms with van der Waals surface area (Å²) < 4.78 is 0. The van der Waals surface area contributed by atoms with E-state index in [1.54, 1.807) is 0 Å². The monoisotopic (exact) mass is 147 g/mol. The van der Waals surface area contributed by atoms with E-state index < -0.39 is 0 Å². The lowest BCUT2D eigenvalue weighted by molar-refractivity contribution is 1.09. The molecule has 0 aromatic rings. The Morgan fingerprint density at radius 1 is 0.455 bits per heavy atom. The van der Waals surface area contributed by atoms with Gasteiger partial charge in [0.05, 0.1) is 0 Å². The molecule has 0 saturated carbocycles. The van der Waals surface area contributed by atoms with Gasteiger partial charge in [0.1, 0.15) is 0 Å². The first-order valence-corrected chi connectivity index (χ1v) is 4.27. The summed E-state index contributed by atoms with van der Waals surface area (Å²) in [4.78, 5) is 0. The topological polar surface area (TPSA) is 0 Å². The largest absolute Gasteiger partial charge is 0.0879 e. The van der Waals surface area contributed by atoms with Gasteiger partial charge in [0, 0.05) is 0 Å². The smallest absolute Gasteiger partial charge is 0.0169 e. The van der Waals surface area contributed by atoms with E-state index in [-0.39, 0.29) is 0 Å². The Bertz CT molecular complexity index is 143. The fraction of sp³-hybridized carbons (Fsp3) is 0.364. The van der Waals surface area contributed by atoms with Crippen molar-refractivity contribution in [2.45, 2.75) is 25.7 Å². The van der Waals surface area contributed by atoms with Crippen molar-refractivity contribution < 1.29 is 0 Å². The first-order chi connectivity index (χ1) is 5.50. The van der Waals surface area contributed by atoms with Gasteiger partial charge in [0.2, 0.25) is 0 Å². The molecule has 1 radical (unpaired) electrons. The molecule has 0 aromatic heterocycles. The van der Waals surface area contributed by atoms with Crippen LogP contribution in [0.1, 0.15) is 25.7 Å². The van der Waals surface area contributed by atoms with Gasteiger partial charge < -0.3 is 0 Å². The average Bonchev–Trinajstić information content (AvgIpc) is 2.08. The van der Waals surface area contributed by atoms with Crippen LogP contribution in [0, 0.1) is 6.42 Å². The number of allylic oxidation sites excluding steroid dienone is 6. The minimum atomic E-state index is 1.08. The fourth-order valence-electron chi connectivity index (χ4n) is 1.02. The zero-order valence-electron chi connectivity index (χ0n) is 6.87. The number of hydrogen-bond acceptors (Lipinski definition) is 0. The zero-order chi connectivity index (χ0) is 7.78. The van der Waals surface area contributed by atoms with Crippen LogP contribution in [0.15, 0.2) is 36.5 Å². The second-order valence-corrected chi connectivity index (χ2v) is 2.65. The second-order valence-electron chi connectivity index (χ2n) is 2.65. The summed E-state index contributed by atoms with van der Waals surface area (Å²) >= 11 is 0. The average molecular weight is 147 g/mol. The van der Waals surface area contributed by atoms with E-state index in [4.69, 9.17) is 0 Å². The molecule has 59 valence electrons. The van der Waals surface area contributed by atoms with Crippen LogP contribution in [0.4, 0.5) is 0 Å². The molecule has 0 bridgehead atoms. The zero-order valence-corrected chi connectivity index (χ0v) is 6.87. The van der Waals surface area contributed by atoms with Gasteiger partial charge >= 0.3 is 0 Å². The summed E-state index contributed by atoms with van der Waals surface area (Å²) in [6.45, 7) is 0. The SMILES string of the molecule is [CH]1CC=CCC=CCC=CC1. The van der Waals surface area contributed by atoms with Crippen molar-refractivity contribution in [1.29, 1.82) is 0 Å². The summed E-state index contributed by atoms with van der Waals surface area (Å²) in [5.74, 6) is 0. The number of hydrogen-bond donors (Lipinski definition) is 0. The second kappa shape index (κ2) is 5.96. The Labute approximate surface area is 69.3 Å². The van der Waals surface area contributed by atoms with Crippen molar-refractivity contribution in [1.82, 2.24) is 0 Å². The van der Waals surface area contributed by atoms with Gasteiger partial charge in [-0.2, -0.15) is 0 Å². The van der Waals surface area contributed by atoms with Gasteiger partial charge in [0.25, 0.3) is 0 Å². The Morgan fingerprint density at radius 2 is 0.818 bits per heavy atom. The van der Waals surface area contributed by atoms with Crippen molar-refractivity contribution in [3.05, 3.63) is 42.9 Å². The molecule has 0 fully saturated rings. The van der Waals surface area contributed by atoms with Gasteiger partial charge in [-0.3, -0.25) is 0 Å². The van der Waals surface area contributed by atoms with Crippen LogP contribution in [0.25, 0.3) is 0 Å². The van der Waals surface area contributed by atoms with Crippen molar-refractivity contribution in [2.24, 2.45) is 0 Å². The minimum Gasteiger partial charge on any atom is -0.0879 e. The molecular formula is C11H15. The van der Waals surface area contributed by atoms with E-state index >= 15 is 0 Å². The molecule has 0 spiro atoms. The third-order valence-corrected chi connectivity index (χ3v) is 1.65. The molecule has 0 unspecified atom stereocenters. The van der Waals surface area contributed by atoms with Gasteiger partial charge in [-0.1, -0.05) is 36.5 Å². The molecule has 0 amide bonds. The van der Waals surface area contributed by atoms with Crippen molar-refractivity contribution in [3.8, 4) is 0 Å². The third kappa shape index (κ3) is 4.60. The molecule has 0 aromatic carbocycles. The summed E-state index contributed by atoms with van der Waals surface area (Å²) in [6.07, 6.45) is 20.0. The Balaban J connectivity index is 2.34. The first-order valence-electron chi connectivity index (χ1n) is 4.27. The lowest BCUT2D eigenvalue weighted by Crippen LogP contribution is -1.69. The molecular weight excluding hydrogens is 132 g/mol. The Hall–Kier alpha value is -0.780. The standard InChI is InChI=1S/C11H15/c1-2-4-6-8-10-11-9-7-5-3-1/h1-2,5-8,11H,3-4,9-10H2. The predicted molar refractivity (Wildman–Crippen MR) is 50.2 cm³/mol. The molecule has 0 atom stereocenters. The lowest BCUT2D eigenvalue weighted by atomic mass is 10.2. The van der Waals surface area contributed by atoms with Crippen LogP contribution < -0.4 is 0 Å². The van der Waals surface area contributed by atoms with Crippen molar-refractivity contribution >= 4 is 0 Å². The maximum atomic E-state index is 2.29. The van der Waals surface area contributed by atoms with E-state index in [1.165, 1.54) is 0 Å². The van der Waals surface area contributed by atoms with Crippen LogP contribution in [0.2, 0.25) is 0 Å². The van der Waals surface area contributed by atoms with Gasteiger partial charge in [-0.25, -0.2) is 0 Å². The predicted octanol–water partition coefficient (Wildman–Crippen LogP) is 3.43. The quantitative estimate of drug-likeness (QED) is 0.460. The molecule has 1 rings (SSSR count). The minimum absolute atomic E-state index is 1.08. The van der Waals surface area contributed by atoms with Crippen LogP contribution >= 0.6 is 0 Å². The van der Waals surface area contributed by atoms with Crippen LogP contribution in [0.5, 0.6) is 0 Å². The number of rotatable bonds is 0. The molecule has 0 saturated heterocycles. The molecule has 11 heavy (non-hydrogen) atoms. The third-order valence-electron chi connectivity index (χ3n) is 1.65. The van der Waals surface area contributed by atoms with Crippen LogP contribution in [0.3, 0.4) is 0 Å². The molecule has 0 N–H and O–H groups in total. The van der Waals surface area contributed by atoms with E-state index in [2.05, 4.69) is 42.9 Å². The summed E-state index contributed by atoms with van der Waals surface area (Å²) in [6, 6.07) is 0.